The van der Waals surface area contributed by atoms with Gasteiger partial charge in [-0.1, -0.05) is 35.5 Å². The number of halogens is 1. The van der Waals surface area contributed by atoms with Gasteiger partial charge in [-0.3, -0.25) is 4.79 Å². The molecule has 1 saturated heterocycles. The number of nitrogens with one attached hydrogen (secondary N) is 1. The standard InChI is InChI=1S/C17H18ClN3O2S/c18-13-5-3-12(4-6-13)15-7-8-17(21-20-15)24-11-16(22)19-10-14-2-1-9-23-14/h3-8,14H,1-2,9-11H2,(H,19,22)/t14-/m1/s1. The van der Waals surface area contributed by atoms with Crippen molar-refractivity contribution in [3.63, 3.8) is 0 Å². The minimum Gasteiger partial charge on any atom is -0.376 e. The van der Waals surface area contributed by atoms with Crippen LogP contribution in [0.3, 0.4) is 0 Å². The van der Waals surface area contributed by atoms with Gasteiger partial charge in [-0.2, -0.15) is 0 Å². The molecule has 2 aromatic rings. The molecule has 1 amide bonds. The second kappa shape index (κ2) is 8.46. The normalized spacial score (nSPS) is 17.0. The van der Waals surface area contributed by atoms with Crippen molar-refractivity contribution < 1.29 is 9.53 Å². The number of aromatic nitrogens is 2. The number of rotatable bonds is 6. The lowest BCUT2D eigenvalue weighted by Gasteiger charge is -2.10. The van der Waals surface area contributed by atoms with Crippen LogP contribution in [0, 0.1) is 0 Å². The predicted octanol–water partition coefficient (Wildman–Crippen LogP) is 3.18. The number of amides is 1. The van der Waals surface area contributed by atoms with Crippen molar-refractivity contribution in [3.8, 4) is 11.3 Å². The molecule has 0 saturated carbocycles. The van der Waals surface area contributed by atoms with E-state index in [4.69, 9.17) is 16.3 Å². The molecular weight excluding hydrogens is 346 g/mol. The number of ether oxygens (including phenoxy) is 1. The average Bonchev–Trinajstić information content (AvgIpc) is 3.13. The maximum absolute atomic E-state index is 11.8. The van der Waals surface area contributed by atoms with Crippen molar-refractivity contribution in [3.05, 3.63) is 41.4 Å². The van der Waals surface area contributed by atoms with E-state index in [1.165, 1.54) is 11.8 Å². The number of hydrogen-bond acceptors (Lipinski definition) is 5. The first kappa shape index (κ1) is 17.2. The molecule has 3 rings (SSSR count). The topological polar surface area (TPSA) is 64.1 Å². The lowest BCUT2D eigenvalue weighted by atomic mass is 10.1. The molecule has 0 spiro atoms. The second-order valence-corrected chi connectivity index (χ2v) is 6.92. The van der Waals surface area contributed by atoms with Gasteiger partial charge in [-0.05, 0) is 37.1 Å². The van der Waals surface area contributed by atoms with Crippen LogP contribution in [0.1, 0.15) is 12.8 Å². The van der Waals surface area contributed by atoms with Gasteiger partial charge in [0, 0.05) is 23.7 Å². The predicted molar refractivity (Wildman–Crippen MR) is 95.2 cm³/mol. The van der Waals surface area contributed by atoms with Gasteiger partial charge in [0.25, 0.3) is 0 Å². The van der Waals surface area contributed by atoms with Gasteiger partial charge >= 0.3 is 0 Å². The Bertz CT molecular complexity index is 673. The molecule has 1 fully saturated rings. The van der Waals surface area contributed by atoms with Crippen LogP contribution in [-0.2, 0) is 9.53 Å². The second-order valence-electron chi connectivity index (χ2n) is 5.49. The molecule has 1 atom stereocenters. The maximum Gasteiger partial charge on any atom is 0.230 e. The summed E-state index contributed by atoms with van der Waals surface area (Å²) < 4.78 is 5.48. The van der Waals surface area contributed by atoms with E-state index >= 15 is 0 Å². The Morgan fingerprint density at radius 1 is 1.25 bits per heavy atom. The van der Waals surface area contributed by atoms with E-state index in [0.717, 1.165) is 35.7 Å². The highest BCUT2D eigenvalue weighted by Gasteiger charge is 2.16. The zero-order valence-corrected chi connectivity index (χ0v) is 14.6. The summed E-state index contributed by atoms with van der Waals surface area (Å²) in [5.74, 6) is 0.306. The fourth-order valence-corrected chi connectivity index (χ4v) is 3.16. The van der Waals surface area contributed by atoms with Crippen molar-refractivity contribution in [2.24, 2.45) is 0 Å². The summed E-state index contributed by atoms with van der Waals surface area (Å²) in [7, 11) is 0. The Morgan fingerprint density at radius 3 is 2.75 bits per heavy atom. The van der Waals surface area contributed by atoms with Crippen LogP contribution in [0.25, 0.3) is 11.3 Å². The van der Waals surface area contributed by atoms with E-state index in [1.54, 1.807) is 0 Å². The first-order chi connectivity index (χ1) is 11.7. The molecule has 1 aromatic carbocycles. The summed E-state index contributed by atoms with van der Waals surface area (Å²) in [4.78, 5) is 11.8. The molecule has 1 aliphatic heterocycles. The molecule has 7 heteroatoms. The van der Waals surface area contributed by atoms with Crippen LogP contribution in [-0.4, -0.2) is 41.1 Å². The Morgan fingerprint density at radius 2 is 2.08 bits per heavy atom. The quantitative estimate of drug-likeness (QED) is 0.798. The molecule has 2 heterocycles. The summed E-state index contributed by atoms with van der Waals surface area (Å²) >= 11 is 7.25. The Kier molecular flexibility index (Phi) is 6.07. The lowest BCUT2D eigenvalue weighted by molar-refractivity contribution is -0.119. The van der Waals surface area contributed by atoms with Crippen LogP contribution in [0.15, 0.2) is 41.4 Å². The minimum absolute atomic E-state index is 0.0147. The average molecular weight is 364 g/mol. The first-order valence-electron chi connectivity index (χ1n) is 7.81. The van der Waals surface area contributed by atoms with E-state index in [2.05, 4.69) is 15.5 Å². The summed E-state index contributed by atoms with van der Waals surface area (Å²) in [5.41, 5.74) is 1.73. The van der Waals surface area contributed by atoms with Crippen molar-refractivity contribution in [1.29, 1.82) is 0 Å². The molecule has 0 bridgehead atoms. The SMILES string of the molecule is O=C(CSc1ccc(-c2ccc(Cl)cc2)nn1)NC[C@H]1CCCO1. The van der Waals surface area contributed by atoms with Crippen LogP contribution in [0.2, 0.25) is 5.02 Å². The number of hydrogen-bond donors (Lipinski definition) is 1. The summed E-state index contributed by atoms with van der Waals surface area (Å²) in [5, 5.41) is 12.7. The van der Waals surface area contributed by atoms with Gasteiger partial charge in [0.2, 0.25) is 5.91 Å². The maximum atomic E-state index is 11.8. The molecule has 1 aromatic heterocycles. The van der Waals surface area contributed by atoms with Crippen molar-refractivity contribution in [1.82, 2.24) is 15.5 Å². The van der Waals surface area contributed by atoms with Crippen LogP contribution in [0.4, 0.5) is 0 Å². The van der Waals surface area contributed by atoms with Gasteiger partial charge in [0.05, 0.1) is 17.6 Å². The number of carbonyl (C=O) groups is 1. The summed E-state index contributed by atoms with van der Waals surface area (Å²) in [6.45, 7) is 1.38. The van der Waals surface area contributed by atoms with Crippen LogP contribution in [0.5, 0.6) is 0 Å². The van der Waals surface area contributed by atoms with Gasteiger partial charge in [0.1, 0.15) is 5.03 Å². The first-order valence-corrected chi connectivity index (χ1v) is 9.18. The van der Waals surface area contributed by atoms with E-state index < -0.39 is 0 Å². The highest BCUT2D eigenvalue weighted by molar-refractivity contribution is 7.99. The van der Waals surface area contributed by atoms with Gasteiger partial charge in [-0.25, -0.2) is 0 Å². The molecule has 126 valence electrons. The smallest absolute Gasteiger partial charge is 0.230 e. The largest absolute Gasteiger partial charge is 0.376 e. The van der Waals surface area contributed by atoms with E-state index in [-0.39, 0.29) is 12.0 Å². The van der Waals surface area contributed by atoms with E-state index in [0.29, 0.717) is 17.3 Å². The molecule has 0 radical (unpaired) electrons. The Hall–Kier alpha value is -1.63. The molecule has 5 nitrogen and oxygen atoms in total. The summed E-state index contributed by atoms with van der Waals surface area (Å²) in [6, 6.07) is 11.2. The number of thioether (sulfide) groups is 1. The van der Waals surface area contributed by atoms with Gasteiger partial charge in [0.15, 0.2) is 0 Å². The van der Waals surface area contributed by atoms with Crippen LogP contribution >= 0.6 is 23.4 Å². The molecule has 1 N–H and O–H groups in total. The third-order valence-electron chi connectivity index (χ3n) is 3.68. The molecule has 0 unspecified atom stereocenters. The van der Waals surface area contributed by atoms with Crippen molar-refractivity contribution >= 4 is 29.3 Å². The zero-order chi connectivity index (χ0) is 16.8. The third-order valence-corrected chi connectivity index (χ3v) is 4.85. The highest BCUT2D eigenvalue weighted by atomic mass is 35.5. The number of carbonyl (C=O) groups excluding carboxylic acids is 1. The molecule has 1 aliphatic rings. The van der Waals surface area contributed by atoms with Crippen molar-refractivity contribution in [2.75, 3.05) is 18.9 Å². The minimum atomic E-state index is -0.0147. The van der Waals surface area contributed by atoms with Crippen LogP contribution < -0.4 is 5.32 Å². The van der Waals surface area contributed by atoms with Gasteiger partial charge in [-0.15, -0.1) is 10.2 Å². The fourth-order valence-electron chi connectivity index (χ4n) is 2.40. The molecular formula is C17H18ClN3O2S. The zero-order valence-electron chi connectivity index (χ0n) is 13.1. The summed E-state index contributed by atoms with van der Waals surface area (Å²) in [6.07, 6.45) is 2.26. The van der Waals surface area contributed by atoms with Crippen molar-refractivity contribution in [2.45, 2.75) is 24.0 Å². The van der Waals surface area contributed by atoms with E-state index in [9.17, 15) is 4.79 Å². The highest BCUT2D eigenvalue weighted by Crippen LogP contribution is 2.21. The lowest BCUT2D eigenvalue weighted by Crippen LogP contribution is -2.32. The monoisotopic (exact) mass is 363 g/mol. The number of nitrogens with zero attached hydrogens (tertiary/aromatic N) is 2. The Labute approximate surface area is 150 Å². The number of benzene rings is 1. The van der Waals surface area contributed by atoms with Gasteiger partial charge < -0.3 is 10.1 Å². The molecule has 0 aliphatic carbocycles. The third kappa shape index (κ3) is 4.93. The fraction of sp³-hybridized carbons (Fsp3) is 0.353. The van der Waals surface area contributed by atoms with E-state index in [1.807, 2.05) is 36.4 Å². The Balaban J connectivity index is 1.47. The molecule has 24 heavy (non-hydrogen) atoms.